The molecule has 1 rings (SSSR count). The van der Waals surface area contributed by atoms with E-state index in [1.54, 1.807) is 0 Å². The van der Waals surface area contributed by atoms with Crippen molar-refractivity contribution in [2.24, 2.45) is 0 Å². The molecule has 0 saturated carbocycles. The van der Waals surface area contributed by atoms with Gasteiger partial charge in [0.2, 0.25) is 0 Å². The van der Waals surface area contributed by atoms with Gasteiger partial charge in [-0.2, -0.15) is 0 Å². The Labute approximate surface area is 112 Å². The van der Waals surface area contributed by atoms with E-state index >= 15 is 0 Å². The van der Waals surface area contributed by atoms with Gasteiger partial charge in [0.25, 0.3) is 0 Å². The Hall–Kier alpha value is -0.953. The average molecular weight is 399 g/mol. The molecule has 0 heterocycles. The van der Waals surface area contributed by atoms with Crippen molar-refractivity contribution in [1.82, 2.24) is 0 Å². The monoisotopic (exact) mass is 399 g/mol. The van der Waals surface area contributed by atoms with Crippen molar-refractivity contribution < 1.29 is 33.8 Å². The van der Waals surface area contributed by atoms with E-state index in [4.69, 9.17) is 16.4 Å². The van der Waals surface area contributed by atoms with Gasteiger partial charge in [-0.05, 0) is 0 Å². The fourth-order valence-electron chi connectivity index (χ4n) is 1.33. The normalized spacial score (nSPS) is 12.3. The van der Waals surface area contributed by atoms with Gasteiger partial charge in [0.05, 0.1) is 0 Å². The van der Waals surface area contributed by atoms with Crippen LogP contribution >= 0.6 is 0 Å². The number of nitrogens with one attached hydrogen (secondary N) is 1. The summed E-state index contributed by atoms with van der Waals surface area (Å²) >= 11 is -11.1. The molecule has 0 fully saturated rings. The van der Waals surface area contributed by atoms with Gasteiger partial charge >= 0.3 is 113 Å². The van der Waals surface area contributed by atoms with Gasteiger partial charge in [0, 0.05) is 0 Å². The minimum absolute atomic E-state index is 0.384. The number of benzene rings is 1. The maximum absolute atomic E-state index is 11.3. The number of carbonyl (C=O) groups is 1. The number of phenolic OH excluding ortho intramolecular Hbond substituents is 1. The van der Waals surface area contributed by atoms with E-state index in [1.807, 2.05) is 0 Å². The fourth-order valence-corrected chi connectivity index (χ4v) is 4.73. The first-order valence-electron chi connectivity index (χ1n) is 4.69. The van der Waals surface area contributed by atoms with Crippen LogP contribution in [0.5, 0.6) is 5.75 Å². The first-order chi connectivity index (χ1) is 8.43. The summed E-state index contributed by atoms with van der Waals surface area (Å²) in [6.07, 6.45) is 0. The van der Waals surface area contributed by atoms with Crippen LogP contribution in [0.15, 0.2) is 12.1 Å². The van der Waals surface area contributed by atoms with Crippen molar-refractivity contribution in [3.8, 4) is 5.75 Å². The molecule has 0 unspecified atom stereocenters. The number of amides is 1. The van der Waals surface area contributed by atoms with E-state index < -0.39 is 48.7 Å². The molecule has 0 radical (unpaired) electrons. The summed E-state index contributed by atoms with van der Waals surface area (Å²) in [7, 11) is 0. The van der Waals surface area contributed by atoms with Crippen LogP contribution in [0.25, 0.3) is 0 Å². The molecular formula is C8H11As2NO8. The Morgan fingerprint density at radius 1 is 1.05 bits per heavy atom. The van der Waals surface area contributed by atoms with Crippen LogP contribution in [0.2, 0.25) is 0 Å². The Morgan fingerprint density at radius 2 is 1.53 bits per heavy atom. The van der Waals surface area contributed by atoms with Gasteiger partial charge in [-0.1, -0.05) is 0 Å². The molecular weight excluding hydrogens is 388 g/mol. The molecule has 0 aliphatic rings. The molecule has 0 saturated heterocycles. The van der Waals surface area contributed by atoms with E-state index in [0.717, 1.165) is 6.92 Å². The fraction of sp³-hybridized carbons (Fsp3) is 0.125. The second-order valence-corrected chi connectivity index (χ2v) is 10.2. The van der Waals surface area contributed by atoms with Crippen molar-refractivity contribution in [2.45, 2.75) is 6.92 Å². The molecule has 11 heteroatoms. The Kier molecular flexibility index (Phi) is 4.41. The van der Waals surface area contributed by atoms with Gasteiger partial charge in [-0.25, -0.2) is 0 Å². The van der Waals surface area contributed by atoms with Crippen LogP contribution in [0.4, 0.5) is 5.69 Å². The van der Waals surface area contributed by atoms with Gasteiger partial charge < -0.3 is 0 Å². The quantitative estimate of drug-likeness (QED) is 0.285. The van der Waals surface area contributed by atoms with Crippen LogP contribution < -0.4 is 14.0 Å². The summed E-state index contributed by atoms with van der Waals surface area (Å²) in [5.41, 5.74) is -0.384. The van der Waals surface area contributed by atoms with Crippen molar-refractivity contribution in [3.63, 3.8) is 0 Å². The van der Waals surface area contributed by atoms with Gasteiger partial charge in [0.15, 0.2) is 0 Å². The molecule has 1 aromatic rings. The van der Waals surface area contributed by atoms with Gasteiger partial charge in [-0.15, -0.1) is 0 Å². The molecule has 0 aliphatic carbocycles. The van der Waals surface area contributed by atoms with E-state index in [0.29, 0.717) is 12.1 Å². The summed E-state index contributed by atoms with van der Waals surface area (Å²) in [4.78, 5) is 10.9. The molecule has 1 amide bonds. The number of anilines is 1. The third kappa shape index (κ3) is 4.00. The van der Waals surface area contributed by atoms with Crippen molar-refractivity contribution in [2.75, 3.05) is 5.32 Å². The molecule has 0 atom stereocenters. The molecule has 0 aromatic heterocycles. The van der Waals surface area contributed by atoms with E-state index in [2.05, 4.69) is 5.32 Å². The predicted octanol–water partition coefficient (Wildman–Crippen LogP) is -3.53. The zero-order valence-corrected chi connectivity index (χ0v) is 13.3. The number of hydrogen-bond acceptors (Lipinski definition) is 4. The third-order valence-electron chi connectivity index (χ3n) is 2.03. The Morgan fingerprint density at radius 3 is 1.89 bits per heavy atom. The van der Waals surface area contributed by atoms with Crippen LogP contribution in [-0.4, -0.2) is 55.7 Å². The standard InChI is InChI=1S/C8H11As2NO8/c1-4(12)11-7-3-8(13)6(10(17,18)19)2-5(7)9(14,15)16/h2-3,13H,1H3,(H,11,12)(H2,14,15,16)(H2,17,18,19). The molecule has 0 bridgehead atoms. The zero-order valence-electron chi connectivity index (χ0n) is 9.51. The van der Waals surface area contributed by atoms with Crippen molar-refractivity contribution in [3.05, 3.63) is 12.1 Å². The first-order valence-corrected chi connectivity index (χ1v) is 11.5. The summed E-state index contributed by atoms with van der Waals surface area (Å²) < 4.78 is 57.2. The SMILES string of the molecule is CC(=O)Nc1cc(O)c([As](=O)(O)O)cc1[As](=O)(O)O. The number of phenols is 1. The van der Waals surface area contributed by atoms with Gasteiger partial charge in [0.1, 0.15) is 0 Å². The third-order valence-corrected chi connectivity index (χ3v) is 6.19. The van der Waals surface area contributed by atoms with Crippen molar-refractivity contribution in [1.29, 1.82) is 0 Å². The maximum atomic E-state index is 11.3. The topological polar surface area (TPSA) is 164 Å². The molecule has 6 N–H and O–H groups in total. The molecule has 106 valence electrons. The second-order valence-electron chi connectivity index (χ2n) is 3.63. The number of rotatable bonds is 3. The van der Waals surface area contributed by atoms with E-state index in [1.165, 1.54) is 0 Å². The van der Waals surface area contributed by atoms with E-state index in [-0.39, 0.29) is 5.69 Å². The number of aromatic hydroxyl groups is 1. The van der Waals surface area contributed by atoms with Crippen LogP contribution in [0.3, 0.4) is 0 Å². The van der Waals surface area contributed by atoms with Gasteiger partial charge in [-0.3, -0.25) is 0 Å². The second kappa shape index (κ2) is 5.20. The van der Waals surface area contributed by atoms with Crippen LogP contribution in [0.1, 0.15) is 6.92 Å². The van der Waals surface area contributed by atoms with E-state index in [9.17, 15) is 17.4 Å². The summed E-state index contributed by atoms with van der Waals surface area (Å²) in [5.74, 6) is -1.50. The zero-order chi connectivity index (χ0) is 15.0. The van der Waals surface area contributed by atoms with Crippen LogP contribution in [0, 0.1) is 0 Å². The Bertz CT molecular complexity index is 615. The molecule has 1 aromatic carbocycles. The first kappa shape index (κ1) is 16.1. The average Bonchev–Trinajstić information content (AvgIpc) is 2.11. The van der Waals surface area contributed by atoms with Crippen LogP contribution in [-0.2, 0) is 12.3 Å². The molecule has 0 spiro atoms. The number of carbonyl (C=O) groups excluding carboxylic acids is 1. The summed E-state index contributed by atoms with van der Waals surface area (Å²) in [5, 5.41) is 11.5. The summed E-state index contributed by atoms with van der Waals surface area (Å²) in [6.45, 7) is 1.08. The molecule has 0 aliphatic heterocycles. The molecule has 9 nitrogen and oxygen atoms in total. The number of hydrogen-bond donors (Lipinski definition) is 6. The van der Waals surface area contributed by atoms with Crippen molar-refractivity contribution >= 4 is 48.6 Å². The minimum atomic E-state index is -5.55. The predicted molar refractivity (Wildman–Crippen MR) is 63.4 cm³/mol. The molecule has 19 heavy (non-hydrogen) atoms. The summed E-state index contributed by atoms with van der Waals surface area (Å²) in [6, 6.07) is 1.23. The Balaban J connectivity index is 3.60.